The van der Waals surface area contributed by atoms with Gasteiger partial charge in [-0.25, -0.2) is 4.99 Å². The average molecular weight is 543 g/mol. The van der Waals surface area contributed by atoms with E-state index in [9.17, 15) is 4.79 Å². The zero-order chi connectivity index (χ0) is 21.3. The minimum atomic E-state index is 0. The molecule has 1 aromatic rings. The summed E-state index contributed by atoms with van der Waals surface area (Å²) in [6.45, 7) is 12.9. The highest BCUT2D eigenvalue weighted by molar-refractivity contribution is 14.0. The van der Waals surface area contributed by atoms with Crippen molar-refractivity contribution < 1.29 is 9.53 Å². The topological polar surface area (TPSA) is 69.2 Å². The number of nitrogens with zero attached hydrogens (tertiary/aromatic N) is 3. The van der Waals surface area contributed by atoms with Gasteiger partial charge in [-0.2, -0.15) is 0 Å². The van der Waals surface area contributed by atoms with Gasteiger partial charge in [-0.1, -0.05) is 31.2 Å². The lowest BCUT2D eigenvalue weighted by Gasteiger charge is -2.31. The van der Waals surface area contributed by atoms with Gasteiger partial charge in [0.15, 0.2) is 5.96 Å². The predicted octanol–water partition coefficient (Wildman–Crippen LogP) is 2.59. The molecule has 2 N–H and O–H groups in total. The Kier molecular flexibility index (Phi) is 11.0. The fourth-order valence-corrected chi connectivity index (χ4v) is 4.13. The summed E-state index contributed by atoms with van der Waals surface area (Å²) in [6, 6.07) is 8.96. The van der Waals surface area contributed by atoms with Crippen molar-refractivity contribution in [2.75, 3.05) is 39.3 Å². The van der Waals surface area contributed by atoms with E-state index in [1.165, 1.54) is 11.1 Å². The van der Waals surface area contributed by atoms with Crippen molar-refractivity contribution in [2.45, 2.75) is 58.8 Å². The Bertz CT molecular complexity index is 730. The molecule has 2 aliphatic heterocycles. The predicted molar refractivity (Wildman–Crippen MR) is 136 cm³/mol. The Labute approximate surface area is 204 Å². The van der Waals surface area contributed by atoms with Gasteiger partial charge in [0.1, 0.15) is 0 Å². The smallest absolute Gasteiger partial charge is 0.222 e. The van der Waals surface area contributed by atoms with Crippen LogP contribution in [-0.2, 0) is 22.6 Å². The normalized spacial score (nSPS) is 22.2. The van der Waals surface area contributed by atoms with E-state index in [4.69, 9.17) is 9.73 Å². The van der Waals surface area contributed by atoms with Crippen LogP contribution in [0.1, 0.15) is 44.7 Å². The van der Waals surface area contributed by atoms with Crippen molar-refractivity contribution in [3.8, 4) is 0 Å². The molecule has 0 bridgehead atoms. The second kappa shape index (κ2) is 13.2. The number of hydrogen-bond donors (Lipinski definition) is 2. The van der Waals surface area contributed by atoms with Crippen LogP contribution in [0.5, 0.6) is 0 Å². The van der Waals surface area contributed by atoms with Gasteiger partial charge in [0, 0.05) is 51.7 Å². The third-order valence-corrected chi connectivity index (χ3v) is 5.67. The number of likely N-dealkylation sites (tertiary alicyclic amines) is 1. The van der Waals surface area contributed by atoms with Crippen molar-refractivity contribution in [1.82, 2.24) is 20.4 Å². The summed E-state index contributed by atoms with van der Waals surface area (Å²) in [5.74, 6) is 1.05. The number of halogens is 1. The quantitative estimate of drug-likeness (QED) is 0.315. The Hall–Kier alpha value is -1.39. The first-order chi connectivity index (χ1) is 14.6. The van der Waals surface area contributed by atoms with Crippen LogP contribution < -0.4 is 10.6 Å². The van der Waals surface area contributed by atoms with E-state index in [-0.39, 0.29) is 35.9 Å². The van der Waals surface area contributed by atoms with Crippen LogP contribution in [0, 0.1) is 0 Å². The monoisotopic (exact) mass is 543 g/mol. The highest BCUT2D eigenvalue weighted by Crippen LogP contribution is 2.13. The number of rotatable bonds is 7. The molecule has 3 rings (SSSR count). The van der Waals surface area contributed by atoms with Crippen molar-refractivity contribution >= 4 is 35.8 Å². The number of carbonyl (C=O) groups excluding carboxylic acids is 1. The molecule has 1 amide bonds. The summed E-state index contributed by atoms with van der Waals surface area (Å²) in [4.78, 5) is 21.1. The van der Waals surface area contributed by atoms with Gasteiger partial charge in [0.2, 0.25) is 5.91 Å². The first-order valence-corrected chi connectivity index (χ1v) is 11.3. The van der Waals surface area contributed by atoms with Gasteiger partial charge in [-0.05, 0) is 31.4 Å². The molecule has 2 atom stereocenters. The third-order valence-electron chi connectivity index (χ3n) is 5.67. The second-order valence-electron chi connectivity index (χ2n) is 8.25. The number of hydrogen-bond acceptors (Lipinski definition) is 4. The molecule has 0 radical (unpaired) electrons. The highest BCUT2D eigenvalue weighted by Gasteiger charge is 2.25. The van der Waals surface area contributed by atoms with Gasteiger partial charge < -0.3 is 20.3 Å². The first-order valence-electron chi connectivity index (χ1n) is 11.3. The van der Waals surface area contributed by atoms with E-state index >= 15 is 0 Å². The zero-order valence-electron chi connectivity index (χ0n) is 19.1. The maximum Gasteiger partial charge on any atom is 0.222 e. The number of ether oxygens (including phenoxy) is 1. The SMILES string of the molecule is CCNC(=NCc1cccc(CN2CCOC(C)C2)c1)NC1CCN(C(=O)CC)C1.I. The molecule has 2 unspecified atom stereocenters. The summed E-state index contributed by atoms with van der Waals surface area (Å²) >= 11 is 0. The van der Waals surface area contributed by atoms with E-state index in [1.807, 2.05) is 11.8 Å². The zero-order valence-corrected chi connectivity index (χ0v) is 21.4. The molecule has 8 heteroatoms. The maximum absolute atomic E-state index is 11.9. The minimum absolute atomic E-state index is 0. The Morgan fingerprint density at radius 2 is 2.03 bits per heavy atom. The number of carbonyl (C=O) groups is 1. The van der Waals surface area contributed by atoms with E-state index in [0.717, 1.165) is 58.3 Å². The van der Waals surface area contributed by atoms with E-state index in [0.29, 0.717) is 19.1 Å². The van der Waals surface area contributed by atoms with Crippen molar-refractivity contribution in [3.63, 3.8) is 0 Å². The molecule has 31 heavy (non-hydrogen) atoms. The number of amides is 1. The molecular weight excluding hydrogens is 505 g/mol. The van der Waals surface area contributed by atoms with Crippen LogP contribution in [0.25, 0.3) is 0 Å². The van der Waals surface area contributed by atoms with E-state index in [1.54, 1.807) is 0 Å². The number of guanidine groups is 1. The lowest BCUT2D eigenvalue weighted by Crippen LogP contribution is -2.45. The molecule has 0 aromatic heterocycles. The standard InChI is InChI=1S/C23H37N5O2.HI/c1-4-22(29)28-10-9-21(17-28)26-23(24-5-2)25-14-19-7-6-8-20(13-19)16-27-11-12-30-18(3)15-27;/h6-8,13,18,21H,4-5,9-12,14-17H2,1-3H3,(H2,24,25,26);1H. The molecule has 0 spiro atoms. The molecule has 0 saturated carbocycles. The third kappa shape index (κ3) is 8.23. The molecule has 2 saturated heterocycles. The molecule has 2 fully saturated rings. The van der Waals surface area contributed by atoms with Crippen molar-refractivity contribution in [1.29, 1.82) is 0 Å². The Balaban J connectivity index is 0.00000341. The van der Waals surface area contributed by atoms with Crippen molar-refractivity contribution in [3.05, 3.63) is 35.4 Å². The van der Waals surface area contributed by atoms with Crippen LogP contribution in [0.15, 0.2) is 29.3 Å². The number of morpholine rings is 1. The fraction of sp³-hybridized carbons (Fsp3) is 0.652. The van der Waals surface area contributed by atoms with Gasteiger partial charge >= 0.3 is 0 Å². The summed E-state index contributed by atoms with van der Waals surface area (Å²) in [5.41, 5.74) is 2.53. The minimum Gasteiger partial charge on any atom is -0.376 e. The lowest BCUT2D eigenvalue weighted by molar-refractivity contribution is -0.129. The summed E-state index contributed by atoms with van der Waals surface area (Å²) in [5, 5.41) is 6.84. The second-order valence-corrected chi connectivity index (χ2v) is 8.25. The molecule has 7 nitrogen and oxygen atoms in total. The van der Waals surface area contributed by atoms with E-state index in [2.05, 4.69) is 53.6 Å². The number of aliphatic imine (C=N–C) groups is 1. The molecular formula is C23H38IN5O2. The average Bonchev–Trinajstić information content (AvgIpc) is 3.20. The van der Waals surface area contributed by atoms with Gasteiger partial charge in [0.05, 0.1) is 19.3 Å². The maximum atomic E-state index is 11.9. The van der Waals surface area contributed by atoms with Crippen molar-refractivity contribution in [2.24, 2.45) is 4.99 Å². The summed E-state index contributed by atoms with van der Waals surface area (Å²) in [7, 11) is 0. The number of benzene rings is 1. The van der Waals surface area contributed by atoms with Crippen LogP contribution >= 0.6 is 24.0 Å². The molecule has 0 aliphatic carbocycles. The lowest BCUT2D eigenvalue weighted by atomic mass is 10.1. The first kappa shape index (κ1) is 25.9. The van der Waals surface area contributed by atoms with E-state index < -0.39 is 0 Å². The molecule has 2 aliphatic rings. The highest BCUT2D eigenvalue weighted by atomic mass is 127. The summed E-state index contributed by atoms with van der Waals surface area (Å²) < 4.78 is 5.64. The molecule has 174 valence electrons. The largest absolute Gasteiger partial charge is 0.376 e. The van der Waals surface area contributed by atoms with Gasteiger partial charge in [0.25, 0.3) is 0 Å². The van der Waals surface area contributed by atoms with Crippen LogP contribution in [0.2, 0.25) is 0 Å². The fourth-order valence-electron chi connectivity index (χ4n) is 4.13. The van der Waals surface area contributed by atoms with Gasteiger partial charge in [-0.15, -0.1) is 24.0 Å². The van der Waals surface area contributed by atoms with Gasteiger partial charge in [-0.3, -0.25) is 9.69 Å². The summed E-state index contributed by atoms with van der Waals surface area (Å²) in [6.07, 6.45) is 1.84. The number of nitrogens with one attached hydrogen (secondary N) is 2. The van der Waals surface area contributed by atoms with Crippen LogP contribution in [0.4, 0.5) is 0 Å². The Morgan fingerprint density at radius 3 is 2.77 bits per heavy atom. The molecule has 2 heterocycles. The van der Waals surface area contributed by atoms with Crippen LogP contribution in [-0.4, -0.2) is 73.1 Å². The molecule has 1 aromatic carbocycles. The van der Waals surface area contributed by atoms with Crippen LogP contribution in [0.3, 0.4) is 0 Å². The Morgan fingerprint density at radius 1 is 1.23 bits per heavy atom.